The van der Waals surface area contributed by atoms with Crippen molar-refractivity contribution in [2.75, 3.05) is 11.9 Å². The van der Waals surface area contributed by atoms with E-state index < -0.39 is 0 Å². The first-order chi connectivity index (χ1) is 10.0. The van der Waals surface area contributed by atoms with Crippen LogP contribution in [0.15, 0.2) is 35.8 Å². The van der Waals surface area contributed by atoms with Crippen LogP contribution in [0.4, 0.5) is 5.82 Å². The first-order valence-corrected chi connectivity index (χ1v) is 7.81. The summed E-state index contributed by atoms with van der Waals surface area (Å²) in [4.78, 5) is 14.6. The second-order valence-corrected chi connectivity index (χ2v) is 7.06. The van der Waals surface area contributed by atoms with Crippen LogP contribution in [-0.4, -0.2) is 21.5 Å². The summed E-state index contributed by atoms with van der Waals surface area (Å²) in [6.45, 7) is 7.46. The molecule has 0 saturated carbocycles. The highest BCUT2D eigenvalue weighted by molar-refractivity contribution is 7.16. The number of aromatic nitrogens is 3. The predicted molar refractivity (Wildman–Crippen MR) is 88.6 cm³/mol. The molecule has 0 aromatic carbocycles. The Bertz CT molecular complexity index is 744. The predicted octanol–water partition coefficient (Wildman–Crippen LogP) is 4.21. The molecule has 0 saturated heterocycles. The third-order valence-electron chi connectivity index (χ3n) is 3.01. The molecule has 21 heavy (non-hydrogen) atoms. The Labute approximate surface area is 128 Å². The molecular formula is C16H18N4S. The average Bonchev–Trinajstić information content (AvgIpc) is 2.93. The molecule has 1 N–H and O–H groups in total. The number of fused-ring (bicyclic) bond motifs is 1. The van der Waals surface area contributed by atoms with Crippen molar-refractivity contribution in [1.29, 1.82) is 0 Å². The van der Waals surface area contributed by atoms with Gasteiger partial charge in [0.1, 0.15) is 16.3 Å². The number of nitrogens with zero attached hydrogens (tertiary/aromatic N) is 3. The van der Waals surface area contributed by atoms with E-state index in [-0.39, 0.29) is 5.41 Å². The van der Waals surface area contributed by atoms with Crippen molar-refractivity contribution >= 4 is 27.4 Å². The lowest BCUT2D eigenvalue weighted by Crippen LogP contribution is -2.19. The molecule has 0 fully saturated rings. The molecule has 3 heterocycles. The Morgan fingerprint density at radius 2 is 2.00 bits per heavy atom. The zero-order chi connectivity index (χ0) is 14.9. The van der Waals surface area contributed by atoms with Crippen LogP contribution in [0.25, 0.3) is 21.7 Å². The topological polar surface area (TPSA) is 50.7 Å². The van der Waals surface area contributed by atoms with Crippen LogP contribution < -0.4 is 5.32 Å². The molecule has 0 unspecified atom stereocenters. The van der Waals surface area contributed by atoms with Crippen LogP contribution in [0, 0.1) is 5.41 Å². The normalized spacial score (nSPS) is 11.8. The van der Waals surface area contributed by atoms with Crippen LogP contribution in [0.2, 0.25) is 0 Å². The van der Waals surface area contributed by atoms with Crippen molar-refractivity contribution < 1.29 is 0 Å². The van der Waals surface area contributed by atoms with Gasteiger partial charge < -0.3 is 5.32 Å². The number of nitrogens with one attached hydrogen (secondary N) is 1. The van der Waals surface area contributed by atoms with Gasteiger partial charge in [-0.3, -0.25) is 4.98 Å². The molecule has 108 valence electrons. The van der Waals surface area contributed by atoms with E-state index in [2.05, 4.69) is 47.1 Å². The van der Waals surface area contributed by atoms with Crippen LogP contribution in [0.3, 0.4) is 0 Å². The number of hydrogen-bond acceptors (Lipinski definition) is 5. The average molecular weight is 298 g/mol. The summed E-state index contributed by atoms with van der Waals surface area (Å²) < 4.78 is 0. The molecule has 0 spiro atoms. The summed E-state index contributed by atoms with van der Waals surface area (Å²) in [5.74, 6) is 1.55. The fourth-order valence-corrected chi connectivity index (χ4v) is 2.71. The molecular weight excluding hydrogens is 280 g/mol. The van der Waals surface area contributed by atoms with Crippen molar-refractivity contribution in [2.24, 2.45) is 5.41 Å². The molecule has 3 aromatic rings. The van der Waals surface area contributed by atoms with E-state index in [0.717, 1.165) is 28.3 Å². The molecule has 0 aliphatic carbocycles. The quantitative estimate of drug-likeness (QED) is 0.787. The van der Waals surface area contributed by atoms with Gasteiger partial charge in [-0.2, -0.15) is 0 Å². The van der Waals surface area contributed by atoms with Crippen LogP contribution in [0.5, 0.6) is 0 Å². The molecule has 0 aliphatic heterocycles. The van der Waals surface area contributed by atoms with Gasteiger partial charge in [0.15, 0.2) is 5.82 Å². The van der Waals surface area contributed by atoms with E-state index in [1.807, 2.05) is 23.6 Å². The van der Waals surface area contributed by atoms with E-state index in [1.165, 1.54) is 0 Å². The first-order valence-electron chi connectivity index (χ1n) is 6.93. The van der Waals surface area contributed by atoms with E-state index >= 15 is 0 Å². The van der Waals surface area contributed by atoms with Gasteiger partial charge in [0.25, 0.3) is 0 Å². The van der Waals surface area contributed by atoms with Crippen molar-refractivity contribution in [3.8, 4) is 11.5 Å². The Hall–Kier alpha value is -2.01. The summed E-state index contributed by atoms with van der Waals surface area (Å²) in [5.41, 5.74) is 0.991. The Morgan fingerprint density at radius 1 is 1.14 bits per heavy atom. The summed E-state index contributed by atoms with van der Waals surface area (Å²) in [5, 5.41) is 6.57. The Morgan fingerprint density at radius 3 is 2.71 bits per heavy atom. The van der Waals surface area contributed by atoms with Crippen LogP contribution in [-0.2, 0) is 0 Å². The standard InChI is InChI=1S/C16H18N4S/c1-16(2,3)10-18-13-11-7-9-21-15(11)20-14(19-13)12-6-4-5-8-17-12/h4-9H,10H2,1-3H3,(H,18,19,20). The molecule has 0 radical (unpaired) electrons. The monoisotopic (exact) mass is 298 g/mol. The second kappa shape index (κ2) is 5.41. The van der Waals surface area contributed by atoms with Crippen molar-refractivity contribution in [3.05, 3.63) is 35.8 Å². The first kappa shape index (κ1) is 13.9. The Kier molecular flexibility index (Phi) is 3.59. The lowest BCUT2D eigenvalue weighted by molar-refractivity contribution is 0.442. The molecule has 0 amide bonds. The largest absolute Gasteiger partial charge is 0.369 e. The molecule has 4 nitrogen and oxygen atoms in total. The third-order valence-corrected chi connectivity index (χ3v) is 3.81. The number of thiophene rings is 1. The van der Waals surface area contributed by atoms with E-state index in [0.29, 0.717) is 5.82 Å². The van der Waals surface area contributed by atoms with Gasteiger partial charge in [0.2, 0.25) is 0 Å². The van der Waals surface area contributed by atoms with E-state index in [9.17, 15) is 0 Å². The van der Waals surface area contributed by atoms with Gasteiger partial charge in [-0.25, -0.2) is 9.97 Å². The Balaban J connectivity index is 2.04. The minimum Gasteiger partial charge on any atom is -0.369 e. The fourth-order valence-electron chi connectivity index (χ4n) is 1.95. The SMILES string of the molecule is CC(C)(C)CNc1nc(-c2ccccn2)nc2sccc12. The summed E-state index contributed by atoms with van der Waals surface area (Å²) in [6, 6.07) is 7.84. The maximum atomic E-state index is 4.67. The molecule has 0 aliphatic rings. The highest BCUT2D eigenvalue weighted by atomic mass is 32.1. The lowest BCUT2D eigenvalue weighted by Gasteiger charge is -2.19. The third kappa shape index (κ3) is 3.19. The van der Waals surface area contributed by atoms with E-state index in [4.69, 9.17) is 0 Å². The highest BCUT2D eigenvalue weighted by Gasteiger charge is 2.14. The van der Waals surface area contributed by atoms with Crippen molar-refractivity contribution in [1.82, 2.24) is 15.0 Å². The maximum absolute atomic E-state index is 4.67. The fraction of sp³-hybridized carbons (Fsp3) is 0.312. The van der Waals surface area contributed by atoms with Crippen LogP contribution in [0.1, 0.15) is 20.8 Å². The van der Waals surface area contributed by atoms with Gasteiger partial charge >= 0.3 is 0 Å². The molecule has 0 atom stereocenters. The van der Waals surface area contributed by atoms with Gasteiger partial charge in [0.05, 0.1) is 5.39 Å². The van der Waals surface area contributed by atoms with Gasteiger partial charge in [-0.15, -0.1) is 11.3 Å². The smallest absolute Gasteiger partial charge is 0.181 e. The summed E-state index contributed by atoms with van der Waals surface area (Å²) >= 11 is 1.62. The van der Waals surface area contributed by atoms with E-state index in [1.54, 1.807) is 17.5 Å². The van der Waals surface area contributed by atoms with Gasteiger partial charge in [-0.1, -0.05) is 26.8 Å². The molecule has 3 rings (SSSR count). The highest BCUT2D eigenvalue weighted by Crippen LogP contribution is 2.28. The van der Waals surface area contributed by atoms with Crippen molar-refractivity contribution in [2.45, 2.75) is 20.8 Å². The zero-order valence-corrected chi connectivity index (χ0v) is 13.2. The van der Waals surface area contributed by atoms with Crippen LogP contribution >= 0.6 is 11.3 Å². The minimum atomic E-state index is 0.193. The summed E-state index contributed by atoms with van der Waals surface area (Å²) in [7, 11) is 0. The lowest BCUT2D eigenvalue weighted by atomic mass is 9.97. The number of anilines is 1. The summed E-state index contributed by atoms with van der Waals surface area (Å²) in [6.07, 6.45) is 1.76. The second-order valence-electron chi connectivity index (χ2n) is 6.16. The number of pyridine rings is 1. The minimum absolute atomic E-state index is 0.193. The molecule has 3 aromatic heterocycles. The number of rotatable bonds is 3. The van der Waals surface area contributed by atoms with Gasteiger partial charge in [-0.05, 0) is 29.0 Å². The van der Waals surface area contributed by atoms with Crippen molar-refractivity contribution in [3.63, 3.8) is 0 Å². The van der Waals surface area contributed by atoms with Gasteiger partial charge in [0, 0.05) is 12.7 Å². The maximum Gasteiger partial charge on any atom is 0.181 e. The number of hydrogen-bond donors (Lipinski definition) is 1. The molecule has 5 heteroatoms. The zero-order valence-electron chi connectivity index (χ0n) is 12.4. The molecule has 0 bridgehead atoms.